The summed E-state index contributed by atoms with van der Waals surface area (Å²) in [6.45, 7) is 0.789. The monoisotopic (exact) mass is 425 g/mol. The molecule has 3 aromatic rings. The Balaban J connectivity index is 1.50. The molecule has 1 aromatic carbocycles. The number of sulfonamides is 1. The van der Waals surface area contributed by atoms with Crippen LogP contribution in [0.15, 0.2) is 76.7 Å². The molecular weight excluding hydrogens is 406 g/mol. The minimum absolute atomic E-state index is 0.126. The van der Waals surface area contributed by atoms with Crippen LogP contribution in [0.3, 0.4) is 0 Å². The number of piperazine rings is 1. The van der Waals surface area contributed by atoms with Gasteiger partial charge in [0, 0.05) is 44.6 Å². The second kappa shape index (κ2) is 8.17. The highest BCUT2D eigenvalue weighted by molar-refractivity contribution is 7.89. The highest BCUT2D eigenvalue weighted by Crippen LogP contribution is 2.17. The van der Waals surface area contributed by atoms with Crippen molar-refractivity contribution in [2.45, 2.75) is 4.90 Å². The molecule has 30 heavy (non-hydrogen) atoms. The van der Waals surface area contributed by atoms with Crippen LogP contribution in [-0.2, 0) is 10.0 Å². The van der Waals surface area contributed by atoms with Gasteiger partial charge in [-0.05, 0) is 30.3 Å². The van der Waals surface area contributed by atoms with E-state index in [9.17, 15) is 18.0 Å². The molecular formula is C20H19N5O4S. The van der Waals surface area contributed by atoms with E-state index in [1.807, 2.05) is 6.07 Å². The van der Waals surface area contributed by atoms with Crippen molar-refractivity contribution in [3.63, 3.8) is 0 Å². The molecule has 0 saturated carbocycles. The smallest absolute Gasteiger partial charge is 0.274 e. The van der Waals surface area contributed by atoms with Crippen molar-refractivity contribution in [1.82, 2.24) is 24.0 Å². The molecule has 1 amide bonds. The summed E-state index contributed by atoms with van der Waals surface area (Å²) in [7, 11) is -3.65. The average molecular weight is 425 g/mol. The van der Waals surface area contributed by atoms with E-state index >= 15 is 0 Å². The molecule has 0 aliphatic carbocycles. The largest absolute Gasteiger partial charge is 0.335 e. The predicted molar refractivity (Wildman–Crippen MR) is 109 cm³/mol. The van der Waals surface area contributed by atoms with Gasteiger partial charge in [0.25, 0.3) is 11.5 Å². The van der Waals surface area contributed by atoms with Gasteiger partial charge in [-0.1, -0.05) is 18.2 Å². The van der Waals surface area contributed by atoms with E-state index in [-0.39, 0.29) is 48.2 Å². The van der Waals surface area contributed by atoms with Gasteiger partial charge >= 0.3 is 0 Å². The van der Waals surface area contributed by atoms with E-state index < -0.39 is 10.0 Å². The van der Waals surface area contributed by atoms with Crippen molar-refractivity contribution in [2.24, 2.45) is 0 Å². The maximum Gasteiger partial charge on any atom is 0.274 e. The van der Waals surface area contributed by atoms with Crippen LogP contribution in [0, 0.1) is 0 Å². The van der Waals surface area contributed by atoms with Crippen molar-refractivity contribution in [3.05, 3.63) is 83.0 Å². The Labute approximate surface area is 173 Å². The van der Waals surface area contributed by atoms with Crippen LogP contribution in [0.25, 0.3) is 5.69 Å². The van der Waals surface area contributed by atoms with Gasteiger partial charge < -0.3 is 4.90 Å². The third kappa shape index (κ3) is 3.87. The Kier molecular flexibility index (Phi) is 5.42. The lowest BCUT2D eigenvalue weighted by Crippen LogP contribution is -2.50. The lowest BCUT2D eigenvalue weighted by Gasteiger charge is -2.33. The van der Waals surface area contributed by atoms with Gasteiger partial charge in [-0.25, -0.2) is 8.42 Å². The fourth-order valence-corrected chi connectivity index (χ4v) is 4.61. The van der Waals surface area contributed by atoms with Gasteiger partial charge in [-0.15, -0.1) is 0 Å². The Hall–Kier alpha value is -3.37. The van der Waals surface area contributed by atoms with Crippen LogP contribution >= 0.6 is 0 Å². The summed E-state index contributed by atoms with van der Waals surface area (Å²) in [6.07, 6.45) is 2.82. The van der Waals surface area contributed by atoms with Crippen molar-refractivity contribution >= 4 is 15.9 Å². The van der Waals surface area contributed by atoms with Crippen LogP contribution < -0.4 is 5.56 Å². The van der Waals surface area contributed by atoms with Gasteiger partial charge in [-0.2, -0.15) is 14.1 Å². The third-order valence-electron chi connectivity index (χ3n) is 4.82. The zero-order chi connectivity index (χ0) is 21.1. The zero-order valence-electron chi connectivity index (χ0n) is 16.0. The number of hydrogen-bond donors (Lipinski definition) is 0. The first-order valence-electron chi connectivity index (χ1n) is 9.32. The molecule has 154 valence electrons. The standard InChI is InChI=1S/C20H19N5O4S/c26-19-9-8-18(22-25(19)16-5-2-1-3-6-16)20(27)23-11-13-24(14-12-23)30(28,29)17-7-4-10-21-15-17/h1-10,15H,11-14H2. The fourth-order valence-electron chi connectivity index (χ4n) is 3.22. The first kappa shape index (κ1) is 19.9. The number of carbonyl (C=O) groups excluding carboxylic acids is 1. The normalized spacial score (nSPS) is 15.1. The summed E-state index contributed by atoms with van der Waals surface area (Å²) in [6, 6.07) is 14.6. The molecule has 0 spiro atoms. The molecule has 0 bridgehead atoms. The molecule has 1 aliphatic rings. The maximum absolute atomic E-state index is 12.9. The van der Waals surface area contributed by atoms with Gasteiger partial charge in [0.2, 0.25) is 10.0 Å². The van der Waals surface area contributed by atoms with E-state index in [1.165, 1.54) is 44.5 Å². The maximum atomic E-state index is 12.9. The highest BCUT2D eigenvalue weighted by Gasteiger charge is 2.31. The second-order valence-electron chi connectivity index (χ2n) is 6.69. The Bertz CT molecular complexity index is 1200. The molecule has 9 nitrogen and oxygen atoms in total. The number of para-hydroxylation sites is 1. The third-order valence-corrected chi connectivity index (χ3v) is 6.70. The summed E-state index contributed by atoms with van der Waals surface area (Å²) in [4.78, 5) is 30.6. The molecule has 10 heteroatoms. The molecule has 4 rings (SSSR count). The Morgan fingerprint density at radius 2 is 1.63 bits per heavy atom. The van der Waals surface area contributed by atoms with Crippen LogP contribution in [0.5, 0.6) is 0 Å². The minimum atomic E-state index is -3.65. The number of carbonyl (C=O) groups is 1. The lowest BCUT2D eigenvalue weighted by atomic mass is 10.3. The Morgan fingerprint density at radius 1 is 0.900 bits per heavy atom. The van der Waals surface area contributed by atoms with E-state index in [4.69, 9.17) is 0 Å². The lowest BCUT2D eigenvalue weighted by molar-refractivity contribution is 0.0690. The van der Waals surface area contributed by atoms with E-state index in [1.54, 1.807) is 30.3 Å². The number of nitrogens with zero attached hydrogens (tertiary/aromatic N) is 5. The fraction of sp³-hybridized carbons (Fsp3) is 0.200. The van der Waals surface area contributed by atoms with Crippen molar-refractivity contribution in [3.8, 4) is 5.69 Å². The molecule has 0 unspecified atom stereocenters. The topological polar surface area (TPSA) is 105 Å². The molecule has 0 atom stereocenters. The zero-order valence-corrected chi connectivity index (χ0v) is 16.8. The van der Waals surface area contributed by atoms with Gasteiger partial charge in [0.05, 0.1) is 5.69 Å². The summed E-state index contributed by atoms with van der Waals surface area (Å²) < 4.78 is 27.9. The van der Waals surface area contributed by atoms with Crippen molar-refractivity contribution < 1.29 is 13.2 Å². The van der Waals surface area contributed by atoms with Gasteiger partial charge in [0.15, 0.2) is 0 Å². The molecule has 1 saturated heterocycles. The van der Waals surface area contributed by atoms with E-state index in [0.29, 0.717) is 5.69 Å². The SMILES string of the molecule is O=C(c1ccc(=O)n(-c2ccccc2)n1)N1CCN(S(=O)(=O)c2cccnc2)CC1. The first-order chi connectivity index (χ1) is 14.5. The Morgan fingerprint density at radius 3 is 2.30 bits per heavy atom. The highest BCUT2D eigenvalue weighted by atomic mass is 32.2. The van der Waals surface area contributed by atoms with Crippen molar-refractivity contribution in [2.75, 3.05) is 26.2 Å². The summed E-state index contributed by atoms with van der Waals surface area (Å²) >= 11 is 0. The number of hydrogen-bond acceptors (Lipinski definition) is 6. The molecule has 1 fully saturated rings. The predicted octanol–water partition coefficient (Wildman–Crippen LogP) is 0.774. The van der Waals surface area contributed by atoms with Crippen LogP contribution in [0.4, 0.5) is 0 Å². The molecule has 2 aromatic heterocycles. The average Bonchev–Trinajstić information content (AvgIpc) is 2.80. The summed E-state index contributed by atoms with van der Waals surface area (Å²) in [5.41, 5.74) is 0.344. The molecule has 1 aliphatic heterocycles. The minimum Gasteiger partial charge on any atom is -0.335 e. The first-order valence-corrected chi connectivity index (χ1v) is 10.8. The van der Waals surface area contributed by atoms with Crippen molar-refractivity contribution in [1.29, 1.82) is 0 Å². The second-order valence-corrected chi connectivity index (χ2v) is 8.63. The number of amides is 1. The summed E-state index contributed by atoms with van der Waals surface area (Å²) in [5, 5.41) is 4.21. The number of benzene rings is 1. The van der Waals surface area contributed by atoms with Crippen LogP contribution in [0.2, 0.25) is 0 Å². The molecule has 0 N–H and O–H groups in total. The van der Waals surface area contributed by atoms with Crippen LogP contribution in [0.1, 0.15) is 10.5 Å². The number of rotatable bonds is 4. The number of aromatic nitrogens is 3. The summed E-state index contributed by atoms with van der Waals surface area (Å²) in [5.74, 6) is -0.349. The number of pyridine rings is 1. The van der Waals surface area contributed by atoms with Crippen LogP contribution in [-0.4, -0.2) is 64.5 Å². The van der Waals surface area contributed by atoms with E-state index in [2.05, 4.69) is 10.1 Å². The van der Waals surface area contributed by atoms with E-state index in [0.717, 1.165) is 0 Å². The molecule has 0 radical (unpaired) electrons. The molecule has 3 heterocycles. The van der Waals surface area contributed by atoms with Gasteiger partial charge in [-0.3, -0.25) is 14.6 Å². The van der Waals surface area contributed by atoms with Gasteiger partial charge in [0.1, 0.15) is 10.6 Å². The quantitative estimate of drug-likeness (QED) is 0.612.